The maximum absolute atomic E-state index is 13.3. The van der Waals surface area contributed by atoms with Crippen LogP contribution in [0.5, 0.6) is 0 Å². The number of guanidine groups is 1. The summed E-state index contributed by atoms with van der Waals surface area (Å²) in [4.78, 5) is 6.89. The van der Waals surface area contributed by atoms with E-state index < -0.39 is 15.8 Å². The number of sulfonamides is 1. The lowest BCUT2D eigenvalue weighted by Crippen LogP contribution is -2.42. The summed E-state index contributed by atoms with van der Waals surface area (Å²) in [6.45, 7) is 5.33. The lowest BCUT2D eigenvalue weighted by Gasteiger charge is -2.23. The highest BCUT2D eigenvalue weighted by molar-refractivity contribution is 7.89. The monoisotopic (exact) mass is 447 g/mol. The lowest BCUT2D eigenvalue weighted by atomic mass is 10.2. The molecule has 4 N–H and O–H groups in total. The van der Waals surface area contributed by atoms with Crippen LogP contribution >= 0.6 is 0 Å². The molecular formula is C22H30FN5O2S. The normalized spacial score (nSPS) is 17.7. The van der Waals surface area contributed by atoms with Crippen LogP contribution in [0.15, 0.2) is 58.4 Å². The third kappa shape index (κ3) is 6.75. The van der Waals surface area contributed by atoms with E-state index in [1.54, 1.807) is 30.3 Å². The van der Waals surface area contributed by atoms with E-state index in [2.05, 4.69) is 26.9 Å². The number of hydrogen-bond donors (Lipinski definition) is 3. The molecule has 1 aliphatic rings. The molecule has 3 rings (SSSR count). The van der Waals surface area contributed by atoms with Crippen LogP contribution in [-0.4, -0.2) is 45.0 Å². The molecule has 1 aliphatic heterocycles. The van der Waals surface area contributed by atoms with Crippen molar-refractivity contribution in [3.63, 3.8) is 0 Å². The van der Waals surface area contributed by atoms with Gasteiger partial charge in [-0.1, -0.05) is 31.2 Å². The van der Waals surface area contributed by atoms with E-state index in [9.17, 15) is 12.8 Å². The molecule has 2 aromatic rings. The van der Waals surface area contributed by atoms with Crippen molar-refractivity contribution in [1.29, 1.82) is 0 Å². The average molecular weight is 448 g/mol. The highest BCUT2D eigenvalue weighted by atomic mass is 32.2. The number of benzene rings is 2. The van der Waals surface area contributed by atoms with E-state index in [4.69, 9.17) is 5.73 Å². The van der Waals surface area contributed by atoms with Gasteiger partial charge < -0.3 is 11.1 Å². The van der Waals surface area contributed by atoms with E-state index >= 15 is 0 Å². The Hall–Kier alpha value is -2.49. The molecule has 0 saturated carbocycles. The fourth-order valence-corrected chi connectivity index (χ4v) is 4.80. The molecule has 0 spiro atoms. The molecule has 1 atom stereocenters. The van der Waals surface area contributed by atoms with Gasteiger partial charge in [0.1, 0.15) is 5.82 Å². The van der Waals surface area contributed by atoms with Gasteiger partial charge >= 0.3 is 0 Å². The zero-order chi connectivity index (χ0) is 22.3. The minimum absolute atomic E-state index is 0.00921. The van der Waals surface area contributed by atoms with Gasteiger partial charge in [0.15, 0.2) is 5.96 Å². The number of nitrogens with two attached hydrogens (primary N) is 1. The molecule has 1 unspecified atom stereocenters. The van der Waals surface area contributed by atoms with Gasteiger partial charge in [-0.05, 0) is 61.3 Å². The van der Waals surface area contributed by atoms with Crippen molar-refractivity contribution in [3.8, 4) is 0 Å². The third-order valence-corrected chi connectivity index (χ3v) is 6.82. The van der Waals surface area contributed by atoms with Crippen molar-refractivity contribution < 1.29 is 12.8 Å². The van der Waals surface area contributed by atoms with Gasteiger partial charge in [0.2, 0.25) is 10.0 Å². The molecule has 7 nitrogen and oxygen atoms in total. The van der Waals surface area contributed by atoms with Crippen LogP contribution in [0.25, 0.3) is 0 Å². The largest absolute Gasteiger partial charge is 0.370 e. The van der Waals surface area contributed by atoms with Crippen molar-refractivity contribution in [3.05, 3.63) is 65.5 Å². The van der Waals surface area contributed by atoms with E-state index in [0.29, 0.717) is 17.6 Å². The van der Waals surface area contributed by atoms with Crippen molar-refractivity contribution in [2.75, 3.05) is 19.6 Å². The molecule has 1 heterocycles. The number of aliphatic imine (C=N–C) groups is 1. The Kier molecular flexibility index (Phi) is 8.00. The number of nitrogens with one attached hydrogen (secondary N) is 2. The van der Waals surface area contributed by atoms with E-state index in [1.165, 1.54) is 24.6 Å². The first-order chi connectivity index (χ1) is 14.9. The second-order valence-corrected chi connectivity index (χ2v) is 9.38. The van der Waals surface area contributed by atoms with Crippen LogP contribution in [-0.2, 0) is 23.1 Å². The zero-order valence-electron chi connectivity index (χ0n) is 17.7. The van der Waals surface area contributed by atoms with Crippen molar-refractivity contribution >= 4 is 16.0 Å². The van der Waals surface area contributed by atoms with Gasteiger partial charge in [-0.15, -0.1) is 0 Å². The predicted octanol–water partition coefficient (Wildman–Crippen LogP) is 2.19. The van der Waals surface area contributed by atoms with Crippen LogP contribution in [0, 0.1) is 5.82 Å². The molecule has 0 radical (unpaired) electrons. The van der Waals surface area contributed by atoms with Crippen LogP contribution in [0.2, 0.25) is 0 Å². The number of hydrogen-bond acceptors (Lipinski definition) is 4. The SMILES string of the molecule is CCN1CCCC1CNC(N)=NCc1cccc(S(=O)(=O)NCc2cccc(F)c2)c1. The fraction of sp³-hybridized carbons (Fsp3) is 0.409. The Labute approximate surface area is 183 Å². The summed E-state index contributed by atoms with van der Waals surface area (Å²) in [7, 11) is -3.74. The minimum Gasteiger partial charge on any atom is -0.370 e. The third-order valence-electron chi connectivity index (χ3n) is 5.42. The van der Waals surface area contributed by atoms with Crippen molar-refractivity contribution in [2.45, 2.75) is 43.8 Å². The minimum atomic E-state index is -3.74. The van der Waals surface area contributed by atoms with Crippen molar-refractivity contribution in [1.82, 2.24) is 14.9 Å². The average Bonchev–Trinajstić information content (AvgIpc) is 3.23. The van der Waals surface area contributed by atoms with Gasteiger partial charge in [0.05, 0.1) is 11.4 Å². The summed E-state index contributed by atoms with van der Waals surface area (Å²) in [5.74, 6) is -0.0569. The van der Waals surface area contributed by atoms with E-state index in [-0.39, 0.29) is 18.0 Å². The van der Waals surface area contributed by atoms with Gasteiger partial charge in [0, 0.05) is 19.1 Å². The Balaban J connectivity index is 1.56. The molecule has 31 heavy (non-hydrogen) atoms. The first-order valence-electron chi connectivity index (χ1n) is 10.5. The zero-order valence-corrected chi connectivity index (χ0v) is 18.5. The van der Waals surface area contributed by atoms with Crippen LogP contribution in [0.3, 0.4) is 0 Å². The summed E-state index contributed by atoms with van der Waals surface area (Å²) < 4.78 is 41.0. The molecule has 168 valence electrons. The highest BCUT2D eigenvalue weighted by Crippen LogP contribution is 2.16. The number of rotatable bonds is 9. The molecule has 1 fully saturated rings. The van der Waals surface area contributed by atoms with Gasteiger partial charge in [-0.25, -0.2) is 22.5 Å². The molecule has 1 saturated heterocycles. The standard InChI is InChI=1S/C22H30FN5O2S/c1-2-28-11-5-9-20(28)16-26-22(24)25-14-18-7-4-10-21(13-18)31(29,30)27-15-17-6-3-8-19(23)12-17/h3-4,6-8,10,12-13,20,27H,2,5,9,11,14-16H2,1H3,(H3,24,25,26). The lowest BCUT2D eigenvalue weighted by molar-refractivity contribution is 0.267. The second-order valence-electron chi connectivity index (χ2n) is 7.61. The Morgan fingerprint density at radius 3 is 2.77 bits per heavy atom. The van der Waals surface area contributed by atoms with E-state index in [1.807, 2.05) is 0 Å². The Morgan fingerprint density at radius 1 is 1.23 bits per heavy atom. The van der Waals surface area contributed by atoms with Gasteiger partial charge in [-0.3, -0.25) is 4.90 Å². The maximum Gasteiger partial charge on any atom is 0.240 e. The predicted molar refractivity (Wildman–Crippen MR) is 120 cm³/mol. The molecule has 9 heteroatoms. The number of likely N-dealkylation sites (N-methyl/N-ethyl adjacent to an activating group) is 1. The quantitative estimate of drug-likeness (QED) is 0.404. The highest BCUT2D eigenvalue weighted by Gasteiger charge is 2.22. The van der Waals surface area contributed by atoms with Gasteiger partial charge in [-0.2, -0.15) is 0 Å². The van der Waals surface area contributed by atoms with Crippen LogP contribution in [0.4, 0.5) is 4.39 Å². The summed E-state index contributed by atoms with van der Waals surface area (Å²) in [6, 6.07) is 12.9. The number of halogens is 1. The smallest absolute Gasteiger partial charge is 0.240 e. The summed E-state index contributed by atoms with van der Waals surface area (Å²) in [6.07, 6.45) is 2.35. The molecule has 0 aliphatic carbocycles. The first kappa shape index (κ1) is 23.2. The van der Waals surface area contributed by atoms with Crippen molar-refractivity contribution in [2.24, 2.45) is 10.7 Å². The Bertz CT molecular complexity index is 1010. The number of nitrogens with zero attached hydrogens (tertiary/aromatic N) is 2. The van der Waals surface area contributed by atoms with Gasteiger partial charge in [0.25, 0.3) is 0 Å². The summed E-state index contributed by atoms with van der Waals surface area (Å²) in [5.41, 5.74) is 7.27. The van der Waals surface area contributed by atoms with Crippen LogP contribution in [0.1, 0.15) is 30.9 Å². The summed E-state index contributed by atoms with van der Waals surface area (Å²) >= 11 is 0. The fourth-order valence-electron chi connectivity index (χ4n) is 3.72. The molecule has 0 amide bonds. The summed E-state index contributed by atoms with van der Waals surface area (Å²) in [5, 5.41) is 3.17. The Morgan fingerprint density at radius 2 is 2.00 bits per heavy atom. The first-order valence-corrected chi connectivity index (χ1v) is 12.0. The number of likely N-dealkylation sites (tertiary alicyclic amines) is 1. The molecule has 0 aromatic heterocycles. The second kappa shape index (κ2) is 10.7. The molecular weight excluding hydrogens is 417 g/mol. The molecule has 0 bridgehead atoms. The van der Waals surface area contributed by atoms with E-state index in [0.717, 1.165) is 31.6 Å². The maximum atomic E-state index is 13.3. The molecule has 2 aromatic carbocycles. The topological polar surface area (TPSA) is 99.8 Å². The van der Waals surface area contributed by atoms with Crippen LogP contribution < -0.4 is 15.8 Å².